The van der Waals surface area contributed by atoms with Gasteiger partial charge >= 0.3 is 5.97 Å². The predicted octanol–water partition coefficient (Wildman–Crippen LogP) is 2.32. The summed E-state index contributed by atoms with van der Waals surface area (Å²) in [4.78, 5) is 22.6. The number of amides is 1. The Hall–Kier alpha value is -2.04. The Morgan fingerprint density at radius 3 is 2.40 bits per heavy atom. The predicted molar refractivity (Wildman–Crippen MR) is 76.0 cm³/mol. The zero-order valence-electron chi connectivity index (χ0n) is 11.9. The van der Waals surface area contributed by atoms with Crippen LogP contribution in [0.2, 0.25) is 0 Å². The average Bonchev–Trinajstić information content (AvgIpc) is 2.44. The zero-order valence-corrected chi connectivity index (χ0v) is 11.9. The van der Waals surface area contributed by atoms with Gasteiger partial charge in [-0.2, -0.15) is 0 Å². The van der Waals surface area contributed by atoms with Gasteiger partial charge in [0.15, 0.2) is 0 Å². The minimum atomic E-state index is -0.841. The summed E-state index contributed by atoms with van der Waals surface area (Å²) in [5, 5.41) is 11.5. The van der Waals surface area contributed by atoms with E-state index in [0.29, 0.717) is 18.7 Å². The number of hydrogen-bond acceptors (Lipinski definition) is 3. The van der Waals surface area contributed by atoms with E-state index < -0.39 is 5.97 Å². The van der Waals surface area contributed by atoms with Crippen LogP contribution in [-0.4, -0.2) is 30.1 Å². The number of nitrogens with one attached hydrogen (secondary N) is 1. The van der Waals surface area contributed by atoms with Gasteiger partial charge in [-0.25, -0.2) is 0 Å². The van der Waals surface area contributed by atoms with Crippen molar-refractivity contribution >= 4 is 11.9 Å². The average molecular weight is 279 g/mol. The Morgan fingerprint density at radius 2 is 1.90 bits per heavy atom. The van der Waals surface area contributed by atoms with Crippen molar-refractivity contribution in [1.82, 2.24) is 5.32 Å². The van der Waals surface area contributed by atoms with Gasteiger partial charge in [0, 0.05) is 18.5 Å². The van der Waals surface area contributed by atoms with E-state index in [1.807, 2.05) is 13.8 Å². The van der Waals surface area contributed by atoms with Crippen LogP contribution in [0.3, 0.4) is 0 Å². The summed E-state index contributed by atoms with van der Waals surface area (Å²) in [7, 11) is 0. The van der Waals surface area contributed by atoms with Gasteiger partial charge in [-0.05, 0) is 37.1 Å². The number of hydrogen-bond donors (Lipinski definition) is 2. The van der Waals surface area contributed by atoms with Crippen molar-refractivity contribution in [3.05, 3.63) is 29.8 Å². The molecule has 0 bridgehead atoms. The molecular weight excluding hydrogens is 258 g/mol. The monoisotopic (exact) mass is 279 g/mol. The van der Waals surface area contributed by atoms with Gasteiger partial charge in [0.1, 0.15) is 5.75 Å². The normalized spacial score (nSPS) is 11.7. The lowest BCUT2D eigenvalue weighted by molar-refractivity contribution is -0.138. The molecule has 20 heavy (non-hydrogen) atoms. The second kappa shape index (κ2) is 8.19. The van der Waals surface area contributed by atoms with Crippen molar-refractivity contribution in [2.75, 3.05) is 13.2 Å². The van der Waals surface area contributed by atoms with Crippen molar-refractivity contribution in [2.24, 2.45) is 5.92 Å². The highest BCUT2D eigenvalue weighted by Gasteiger charge is 2.13. The molecule has 0 spiro atoms. The second-order valence-corrected chi connectivity index (χ2v) is 4.54. The fraction of sp³-hybridized carbons (Fsp3) is 0.467. The molecule has 5 heteroatoms. The molecule has 110 valence electrons. The van der Waals surface area contributed by atoms with Crippen LogP contribution in [0.15, 0.2) is 24.3 Å². The van der Waals surface area contributed by atoms with Crippen molar-refractivity contribution in [2.45, 2.75) is 26.7 Å². The van der Waals surface area contributed by atoms with Crippen LogP contribution in [0.25, 0.3) is 0 Å². The van der Waals surface area contributed by atoms with Crippen LogP contribution in [0, 0.1) is 5.92 Å². The van der Waals surface area contributed by atoms with Crippen LogP contribution < -0.4 is 10.1 Å². The van der Waals surface area contributed by atoms with E-state index in [-0.39, 0.29) is 18.2 Å². The van der Waals surface area contributed by atoms with Crippen LogP contribution >= 0.6 is 0 Å². The molecule has 0 saturated heterocycles. The zero-order chi connectivity index (χ0) is 15.0. The first kappa shape index (κ1) is 16.0. The van der Waals surface area contributed by atoms with E-state index in [9.17, 15) is 9.59 Å². The maximum absolute atomic E-state index is 11.9. The molecule has 0 saturated carbocycles. The fourth-order valence-corrected chi connectivity index (χ4v) is 1.82. The maximum atomic E-state index is 11.9. The van der Waals surface area contributed by atoms with E-state index in [0.717, 1.165) is 12.2 Å². The summed E-state index contributed by atoms with van der Waals surface area (Å²) in [6, 6.07) is 6.87. The molecule has 0 aliphatic heterocycles. The third-order valence-corrected chi connectivity index (χ3v) is 3.02. The molecule has 0 aliphatic rings. The van der Waals surface area contributed by atoms with Crippen molar-refractivity contribution < 1.29 is 19.4 Å². The number of rotatable bonds is 8. The second-order valence-electron chi connectivity index (χ2n) is 4.54. The van der Waals surface area contributed by atoms with E-state index in [4.69, 9.17) is 9.84 Å². The van der Waals surface area contributed by atoms with Gasteiger partial charge < -0.3 is 15.2 Å². The van der Waals surface area contributed by atoms with Gasteiger partial charge in [0.25, 0.3) is 5.91 Å². The highest BCUT2D eigenvalue weighted by molar-refractivity contribution is 5.94. The lowest BCUT2D eigenvalue weighted by atomic mass is 10.0. The number of aliphatic carboxylic acids is 1. The van der Waals surface area contributed by atoms with Crippen LogP contribution in [0.1, 0.15) is 37.0 Å². The number of carboxylic acids is 1. The summed E-state index contributed by atoms with van der Waals surface area (Å²) in [5.74, 6) is -0.357. The minimum absolute atomic E-state index is 0.0425. The molecule has 0 aromatic heterocycles. The summed E-state index contributed by atoms with van der Waals surface area (Å²) >= 11 is 0. The molecule has 0 fully saturated rings. The molecule has 1 unspecified atom stereocenters. The third kappa shape index (κ3) is 5.30. The molecular formula is C15H21NO4. The molecule has 1 amide bonds. The maximum Gasteiger partial charge on any atom is 0.303 e. The molecule has 5 nitrogen and oxygen atoms in total. The molecule has 0 heterocycles. The number of carbonyl (C=O) groups is 2. The van der Waals surface area contributed by atoms with E-state index in [2.05, 4.69) is 5.32 Å². The molecule has 1 aromatic carbocycles. The molecule has 1 aromatic rings. The molecule has 0 radical (unpaired) electrons. The summed E-state index contributed by atoms with van der Waals surface area (Å²) < 4.78 is 5.30. The number of benzene rings is 1. The molecule has 2 N–H and O–H groups in total. The first-order valence-corrected chi connectivity index (χ1v) is 6.79. The van der Waals surface area contributed by atoms with E-state index in [1.54, 1.807) is 24.3 Å². The van der Waals surface area contributed by atoms with E-state index >= 15 is 0 Å². The lowest BCUT2D eigenvalue weighted by Gasteiger charge is -2.13. The Labute approximate surface area is 118 Å². The minimum Gasteiger partial charge on any atom is -0.494 e. The Balaban J connectivity index is 2.51. The quantitative estimate of drug-likeness (QED) is 0.765. The van der Waals surface area contributed by atoms with Gasteiger partial charge in [-0.1, -0.05) is 13.3 Å². The highest BCUT2D eigenvalue weighted by Crippen LogP contribution is 2.12. The van der Waals surface area contributed by atoms with Crippen molar-refractivity contribution in [1.29, 1.82) is 0 Å². The summed E-state index contributed by atoms with van der Waals surface area (Å²) in [6.07, 6.45) is 0.788. The van der Waals surface area contributed by atoms with Gasteiger partial charge in [0.05, 0.1) is 6.61 Å². The van der Waals surface area contributed by atoms with Gasteiger partial charge in [-0.3, -0.25) is 9.59 Å². The summed E-state index contributed by atoms with van der Waals surface area (Å²) in [6.45, 7) is 4.76. The van der Waals surface area contributed by atoms with Gasteiger partial charge in [-0.15, -0.1) is 0 Å². The first-order valence-electron chi connectivity index (χ1n) is 6.79. The molecule has 1 rings (SSSR count). The number of carboxylic acid groups (broad SMARTS) is 1. The van der Waals surface area contributed by atoms with E-state index in [1.165, 1.54) is 0 Å². The number of ether oxygens (including phenoxy) is 1. The van der Waals surface area contributed by atoms with Crippen LogP contribution in [0.5, 0.6) is 5.75 Å². The lowest BCUT2D eigenvalue weighted by Crippen LogP contribution is -2.30. The first-order chi connectivity index (χ1) is 9.56. The standard InChI is InChI=1S/C15H21NO4/c1-3-11(9-14(17)18)10-16-15(19)12-5-7-13(8-6-12)20-4-2/h5-8,11H,3-4,9-10H2,1-2H3,(H,16,19)(H,17,18). The van der Waals surface area contributed by atoms with Gasteiger partial charge in [0.2, 0.25) is 0 Å². The highest BCUT2D eigenvalue weighted by atomic mass is 16.5. The molecule has 1 atom stereocenters. The number of carbonyl (C=O) groups excluding carboxylic acids is 1. The Morgan fingerprint density at radius 1 is 1.25 bits per heavy atom. The van der Waals surface area contributed by atoms with Crippen LogP contribution in [-0.2, 0) is 4.79 Å². The third-order valence-electron chi connectivity index (χ3n) is 3.02. The summed E-state index contributed by atoms with van der Waals surface area (Å²) in [5.41, 5.74) is 0.540. The largest absolute Gasteiger partial charge is 0.494 e. The topological polar surface area (TPSA) is 75.6 Å². The SMILES string of the molecule is CCOc1ccc(C(=O)NCC(CC)CC(=O)O)cc1. The Bertz CT molecular complexity index is 442. The fourth-order valence-electron chi connectivity index (χ4n) is 1.82. The smallest absolute Gasteiger partial charge is 0.303 e. The van der Waals surface area contributed by atoms with Crippen LogP contribution in [0.4, 0.5) is 0 Å². The van der Waals surface area contributed by atoms with Crippen molar-refractivity contribution in [3.63, 3.8) is 0 Å². The Kier molecular flexibility index (Phi) is 6.56. The van der Waals surface area contributed by atoms with Crippen molar-refractivity contribution in [3.8, 4) is 5.75 Å². The molecule has 0 aliphatic carbocycles.